The van der Waals surface area contributed by atoms with Crippen molar-refractivity contribution in [3.63, 3.8) is 0 Å². The lowest BCUT2D eigenvalue weighted by Crippen LogP contribution is -2.00. The highest BCUT2D eigenvalue weighted by Crippen LogP contribution is 2.16. The lowest BCUT2D eigenvalue weighted by molar-refractivity contribution is 0.0697. The number of carboxylic acids is 1. The van der Waals surface area contributed by atoms with Crippen LogP contribution in [0, 0.1) is 5.82 Å². The molecule has 17 heavy (non-hydrogen) atoms. The van der Waals surface area contributed by atoms with E-state index in [0.29, 0.717) is 10.6 Å². The van der Waals surface area contributed by atoms with Gasteiger partial charge in [-0.25, -0.2) is 9.18 Å². The quantitative estimate of drug-likeness (QED) is 0.914. The van der Waals surface area contributed by atoms with Gasteiger partial charge in [0.1, 0.15) is 5.82 Å². The Morgan fingerprint density at radius 2 is 2.18 bits per heavy atom. The van der Waals surface area contributed by atoms with Crippen LogP contribution in [0.3, 0.4) is 0 Å². The molecule has 2 aromatic rings. The van der Waals surface area contributed by atoms with Crippen LogP contribution in [0.5, 0.6) is 0 Å². The number of rotatable bonds is 3. The highest BCUT2D eigenvalue weighted by Gasteiger charge is 2.07. The van der Waals surface area contributed by atoms with Crippen molar-refractivity contribution in [2.24, 2.45) is 0 Å². The first-order valence-corrected chi connectivity index (χ1v) is 5.27. The normalized spacial score (nSPS) is 10.5. The fraction of sp³-hybridized carbons (Fsp3) is 0.0833. The van der Waals surface area contributed by atoms with Crippen LogP contribution in [0.4, 0.5) is 4.39 Å². The minimum absolute atomic E-state index is 0.174. The summed E-state index contributed by atoms with van der Waals surface area (Å²) in [6.45, 7) is 0.250. The maximum atomic E-state index is 13.4. The Morgan fingerprint density at radius 1 is 1.41 bits per heavy atom. The largest absolute Gasteiger partial charge is 0.478 e. The van der Waals surface area contributed by atoms with E-state index < -0.39 is 5.97 Å². The first-order chi connectivity index (χ1) is 8.06. The van der Waals surface area contributed by atoms with E-state index in [4.69, 9.17) is 16.7 Å². The van der Waals surface area contributed by atoms with Gasteiger partial charge in [-0.1, -0.05) is 11.6 Å². The molecule has 88 valence electrons. The Labute approximate surface area is 102 Å². The predicted molar refractivity (Wildman–Crippen MR) is 61.9 cm³/mol. The molecule has 0 amide bonds. The van der Waals surface area contributed by atoms with E-state index in [0.717, 1.165) is 0 Å². The Kier molecular flexibility index (Phi) is 3.15. The van der Waals surface area contributed by atoms with Crippen LogP contribution in [-0.4, -0.2) is 15.6 Å². The molecule has 1 aromatic heterocycles. The highest BCUT2D eigenvalue weighted by molar-refractivity contribution is 6.30. The van der Waals surface area contributed by atoms with Crippen LogP contribution in [0.2, 0.25) is 5.02 Å². The standard InChI is InChI=1S/C12H9ClFNO2/c13-10-1-2-11(14)9(5-10)7-15-4-3-8(6-15)12(16)17/h1-6H,7H2,(H,16,17). The van der Waals surface area contributed by atoms with E-state index in [1.165, 1.54) is 30.5 Å². The Morgan fingerprint density at radius 3 is 2.82 bits per heavy atom. The number of aromatic carboxylic acids is 1. The third-order valence-corrected chi connectivity index (χ3v) is 2.59. The number of carbonyl (C=O) groups is 1. The molecule has 0 saturated carbocycles. The van der Waals surface area contributed by atoms with Gasteiger partial charge in [-0.3, -0.25) is 0 Å². The third-order valence-electron chi connectivity index (χ3n) is 2.36. The summed E-state index contributed by atoms with van der Waals surface area (Å²) in [5, 5.41) is 9.21. The van der Waals surface area contributed by atoms with Gasteiger partial charge in [0.15, 0.2) is 0 Å². The van der Waals surface area contributed by atoms with E-state index in [9.17, 15) is 9.18 Å². The summed E-state index contributed by atoms with van der Waals surface area (Å²) in [5.74, 6) is -1.37. The number of aromatic nitrogens is 1. The minimum atomic E-state index is -1.00. The molecule has 0 fully saturated rings. The van der Waals surface area contributed by atoms with Crippen LogP contribution in [0.15, 0.2) is 36.7 Å². The summed E-state index contributed by atoms with van der Waals surface area (Å²) in [6.07, 6.45) is 3.03. The first kappa shape index (κ1) is 11.7. The van der Waals surface area contributed by atoms with Crippen molar-refractivity contribution in [1.82, 2.24) is 4.57 Å². The van der Waals surface area contributed by atoms with Crippen LogP contribution < -0.4 is 0 Å². The fourth-order valence-electron chi connectivity index (χ4n) is 1.53. The molecule has 0 atom stereocenters. The average molecular weight is 254 g/mol. The molecule has 0 radical (unpaired) electrons. The molecule has 1 N–H and O–H groups in total. The first-order valence-electron chi connectivity index (χ1n) is 4.89. The van der Waals surface area contributed by atoms with Crippen molar-refractivity contribution >= 4 is 17.6 Å². The van der Waals surface area contributed by atoms with E-state index in [1.807, 2.05) is 0 Å². The maximum Gasteiger partial charge on any atom is 0.337 e. The molecular formula is C12H9ClFNO2. The van der Waals surface area contributed by atoms with E-state index in [-0.39, 0.29) is 17.9 Å². The molecule has 0 spiro atoms. The second-order valence-corrected chi connectivity index (χ2v) is 4.05. The van der Waals surface area contributed by atoms with Gasteiger partial charge in [0.05, 0.1) is 5.56 Å². The molecule has 0 aliphatic rings. The van der Waals surface area contributed by atoms with Crippen molar-refractivity contribution in [3.05, 3.63) is 58.6 Å². The van der Waals surface area contributed by atoms with Crippen molar-refractivity contribution < 1.29 is 14.3 Å². The van der Waals surface area contributed by atoms with Crippen molar-refractivity contribution in [3.8, 4) is 0 Å². The number of carboxylic acid groups (broad SMARTS) is 1. The number of hydrogen-bond donors (Lipinski definition) is 1. The van der Waals surface area contributed by atoms with Gasteiger partial charge in [-0.15, -0.1) is 0 Å². The smallest absolute Gasteiger partial charge is 0.337 e. The molecule has 0 saturated heterocycles. The average Bonchev–Trinajstić information content (AvgIpc) is 2.72. The second-order valence-electron chi connectivity index (χ2n) is 3.61. The van der Waals surface area contributed by atoms with E-state index >= 15 is 0 Å². The van der Waals surface area contributed by atoms with Crippen molar-refractivity contribution in [1.29, 1.82) is 0 Å². The molecule has 0 unspecified atom stereocenters. The fourth-order valence-corrected chi connectivity index (χ4v) is 1.72. The zero-order valence-electron chi connectivity index (χ0n) is 8.73. The van der Waals surface area contributed by atoms with Crippen LogP contribution in [-0.2, 0) is 6.54 Å². The zero-order valence-corrected chi connectivity index (χ0v) is 9.49. The van der Waals surface area contributed by atoms with Crippen LogP contribution in [0.1, 0.15) is 15.9 Å². The summed E-state index contributed by atoms with van der Waals surface area (Å²) in [6, 6.07) is 5.75. The molecule has 0 bridgehead atoms. The monoisotopic (exact) mass is 253 g/mol. The van der Waals surface area contributed by atoms with Gasteiger partial charge in [-0.2, -0.15) is 0 Å². The van der Waals surface area contributed by atoms with Crippen LogP contribution in [0.25, 0.3) is 0 Å². The second kappa shape index (κ2) is 4.59. The van der Waals surface area contributed by atoms with Crippen molar-refractivity contribution in [2.45, 2.75) is 6.54 Å². The molecule has 1 heterocycles. The Hall–Kier alpha value is -1.81. The topological polar surface area (TPSA) is 42.2 Å². The Bertz CT molecular complexity index is 565. The molecule has 5 heteroatoms. The molecule has 0 aliphatic heterocycles. The zero-order chi connectivity index (χ0) is 12.4. The number of nitrogens with zero attached hydrogens (tertiary/aromatic N) is 1. The summed E-state index contributed by atoms with van der Waals surface area (Å²) >= 11 is 5.77. The summed E-state index contributed by atoms with van der Waals surface area (Å²) in [7, 11) is 0. The highest BCUT2D eigenvalue weighted by atomic mass is 35.5. The maximum absolute atomic E-state index is 13.4. The Balaban J connectivity index is 2.25. The lowest BCUT2D eigenvalue weighted by atomic mass is 10.2. The van der Waals surface area contributed by atoms with Crippen LogP contribution >= 0.6 is 11.6 Å². The molecule has 0 aliphatic carbocycles. The van der Waals surface area contributed by atoms with Gasteiger partial charge in [-0.05, 0) is 24.3 Å². The molecular weight excluding hydrogens is 245 g/mol. The van der Waals surface area contributed by atoms with Crippen molar-refractivity contribution in [2.75, 3.05) is 0 Å². The van der Waals surface area contributed by atoms with E-state index in [2.05, 4.69) is 0 Å². The number of benzene rings is 1. The molecule has 3 nitrogen and oxygen atoms in total. The van der Waals surface area contributed by atoms with Gasteiger partial charge < -0.3 is 9.67 Å². The van der Waals surface area contributed by atoms with Gasteiger partial charge in [0.25, 0.3) is 0 Å². The van der Waals surface area contributed by atoms with Gasteiger partial charge >= 0.3 is 5.97 Å². The summed E-state index contributed by atoms with van der Waals surface area (Å²) < 4.78 is 15.0. The molecule has 2 rings (SSSR count). The number of hydrogen-bond acceptors (Lipinski definition) is 1. The summed E-state index contributed by atoms with van der Waals surface area (Å²) in [4.78, 5) is 10.7. The molecule has 1 aromatic carbocycles. The lowest BCUT2D eigenvalue weighted by Gasteiger charge is -2.05. The predicted octanol–water partition coefficient (Wildman–Crippen LogP) is 3.03. The number of halogens is 2. The summed E-state index contributed by atoms with van der Waals surface area (Å²) in [5.41, 5.74) is 0.595. The van der Waals surface area contributed by atoms with Gasteiger partial charge in [0, 0.05) is 29.5 Å². The SMILES string of the molecule is O=C(O)c1ccn(Cc2cc(Cl)ccc2F)c1. The minimum Gasteiger partial charge on any atom is -0.478 e. The third kappa shape index (κ3) is 2.65. The van der Waals surface area contributed by atoms with Gasteiger partial charge in [0.2, 0.25) is 0 Å². The van der Waals surface area contributed by atoms with E-state index in [1.54, 1.807) is 10.8 Å².